The molecule has 0 fully saturated rings. The Bertz CT molecular complexity index is 1050. The maximum Gasteiger partial charge on any atom is 0.321 e. The van der Waals surface area contributed by atoms with Gasteiger partial charge in [-0.3, -0.25) is 10.1 Å². The van der Waals surface area contributed by atoms with E-state index in [9.17, 15) is 18.0 Å². The number of hydrogen-bond donors (Lipinski definition) is 2. The Balaban J connectivity index is 1.69. The Labute approximate surface area is 180 Å². The second-order valence-electron chi connectivity index (χ2n) is 7.43. The molecule has 162 valence electrons. The molecule has 0 spiro atoms. The highest BCUT2D eigenvalue weighted by Crippen LogP contribution is 2.29. The summed E-state index contributed by atoms with van der Waals surface area (Å²) < 4.78 is 25.5. The highest BCUT2D eigenvalue weighted by atomic mass is 32.2. The van der Waals surface area contributed by atoms with Crippen molar-refractivity contribution in [1.82, 2.24) is 19.5 Å². The Morgan fingerprint density at radius 2 is 1.87 bits per heavy atom. The molecule has 11 heteroatoms. The number of nitrogens with zero attached hydrogens (tertiary/aromatic N) is 3. The number of carbonyl (C=O) groups excluding carboxylic acids is 2. The Kier molecular flexibility index (Phi) is 6.44. The quantitative estimate of drug-likeness (QED) is 0.723. The van der Waals surface area contributed by atoms with Gasteiger partial charge in [-0.05, 0) is 38.1 Å². The maximum absolute atomic E-state index is 12.9. The van der Waals surface area contributed by atoms with Crippen molar-refractivity contribution in [2.45, 2.75) is 37.8 Å². The molecule has 0 bridgehead atoms. The van der Waals surface area contributed by atoms with Crippen LogP contribution in [0.15, 0.2) is 29.2 Å². The Morgan fingerprint density at radius 1 is 1.20 bits per heavy atom. The Morgan fingerprint density at radius 3 is 2.47 bits per heavy atom. The number of nitrogens with one attached hydrogen (secondary N) is 2. The molecule has 2 heterocycles. The first kappa shape index (κ1) is 22.2. The second kappa shape index (κ2) is 8.70. The van der Waals surface area contributed by atoms with Crippen LogP contribution in [0.2, 0.25) is 0 Å². The van der Waals surface area contributed by atoms with Gasteiger partial charge in [0.1, 0.15) is 0 Å². The minimum Gasteiger partial charge on any atom is -0.336 e. The van der Waals surface area contributed by atoms with Crippen LogP contribution in [0.1, 0.15) is 34.8 Å². The fraction of sp³-hybridized carbons (Fsp3) is 0.421. The van der Waals surface area contributed by atoms with E-state index >= 15 is 0 Å². The lowest BCUT2D eigenvalue weighted by Gasteiger charge is -2.26. The zero-order valence-electron chi connectivity index (χ0n) is 17.3. The first-order valence-corrected chi connectivity index (χ1v) is 11.7. The van der Waals surface area contributed by atoms with Crippen LogP contribution in [-0.2, 0) is 23.0 Å². The van der Waals surface area contributed by atoms with Crippen molar-refractivity contribution in [3.05, 3.63) is 40.4 Å². The predicted octanol–water partition coefficient (Wildman–Crippen LogP) is 2.12. The standard InChI is InChI=1S/C19H25N5O4S2/c1-12(2)20-18(26)22-19-21-15-9-10-24(11-16(15)29-19)17(25)13-5-7-14(8-6-13)30(27,28)23(3)4/h5-8,12H,9-11H2,1-4H3,(H2,20,21,22,26). The van der Waals surface area contributed by atoms with E-state index < -0.39 is 10.0 Å². The second-order valence-corrected chi connectivity index (χ2v) is 10.7. The van der Waals surface area contributed by atoms with Gasteiger partial charge < -0.3 is 10.2 Å². The van der Waals surface area contributed by atoms with Gasteiger partial charge in [-0.2, -0.15) is 0 Å². The summed E-state index contributed by atoms with van der Waals surface area (Å²) in [4.78, 5) is 32.0. The van der Waals surface area contributed by atoms with Crippen molar-refractivity contribution >= 4 is 38.4 Å². The maximum atomic E-state index is 12.9. The molecule has 0 radical (unpaired) electrons. The van der Waals surface area contributed by atoms with Crippen molar-refractivity contribution < 1.29 is 18.0 Å². The molecule has 3 rings (SSSR count). The highest BCUT2D eigenvalue weighted by Gasteiger charge is 2.26. The molecule has 1 aliphatic rings. The molecule has 1 aliphatic heterocycles. The van der Waals surface area contributed by atoms with Crippen molar-refractivity contribution in [1.29, 1.82) is 0 Å². The number of amides is 3. The molecule has 9 nitrogen and oxygen atoms in total. The van der Waals surface area contributed by atoms with E-state index in [1.165, 1.54) is 49.7 Å². The van der Waals surface area contributed by atoms with E-state index in [0.29, 0.717) is 30.2 Å². The average molecular weight is 452 g/mol. The van der Waals surface area contributed by atoms with Crippen molar-refractivity contribution in [2.24, 2.45) is 0 Å². The van der Waals surface area contributed by atoms with Crippen LogP contribution < -0.4 is 10.6 Å². The summed E-state index contributed by atoms with van der Waals surface area (Å²) >= 11 is 1.35. The first-order valence-electron chi connectivity index (χ1n) is 9.46. The molecule has 3 amide bonds. The molecule has 0 aliphatic carbocycles. The van der Waals surface area contributed by atoms with Gasteiger partial charge in [-0.25, -0.2) is 22.5 Å². The summed E-state index contributed by atoms with van der Waals surface area (Å²) in [5, 5.41) is 5.98. The minimum absolute atomic E-state index is 0.0202. The van der Waals surface area contributed by atoms with Gasteiger partial charge in [-0.15, -0.1) is 0 Å². The summed E-state index contributed by atoms with van der Waals surface area (Å²) in [5.41, 5.74) is 1.31. The predicted molar refractivity (Wildman–Crippen MR) is 115 cm³/mol. The third-order valence-electron chi connectivity index (χ3n) is 4.54. The smallest absolute Gasteiger partial charge is 0.321 e. The van der Waals surface area contributed by atoms with Crippen LogP contribution in [0.4, 0.5) is 9.93 Å². The van der Waals surface area contributed by atoms with Gasteiger partial charge in [0.2, 0.25) is 10.0 Å². The van der Waals surface area contributed by atoms with E-state index in [1.54, 1.807) is 4.90 Å². The lowest BCUT2D eigenvalue weighted by molar-refractivity contribution is 0.0736. The summed E-state index contributed by atoms with van der Waals surface area (Å²) in [6, 6.07) is 5.66. The SMILES string of the molecule is CC(C)NC(=O)Nc1nc2c(s1)CN(C(=O)c1ccc(S(=O)(=O)N(C)C)cc1)CC2. The van der Waals surface area contributed by atoms with Gasteiger partial charge in [0.15, 0.2) is 5.13 Å². The Hall–Kier alpha value is -2.50. The van der Waals surface area contributed by atoms with Crippen LogP contribution in [-0.4, -0.2) is 61.2 Å². The van der Waals surface area contributed by atoms with Crippen molar-refractivity contribution in [3.8, 4) is 0 Å². The van der Waals surface area contributed by atoms with Crippen molar-refractivity contribution in [3.63, 3.8) is 0 Å². The summed E-state index contributed by atoms with van der Waals surface area (Å²) in [5.74, 6) is -0.171. The molecule has 2 N–H and O–H groups in total. The zero-order chi connectivity index (χ0) is 22.1. The number of aromatic nitrogens is 1. The lowest BCUT2D eigenvalue weighted by atomic mass is 10.1. The third-order valence-corrected chi connectivity index (χ3v) is 7.37. The van der Waals surface area contributed by atoms with Gasteiger partial charge >= 0.3 is 6.03 Å². The lowest BCUT2D eigenvalue weighted by Crippen LogP contribution is -2.35. The molecule has 2 aromatic rings. The molecular weight excluding hydrogens is 426 g/mol. The van der Waals surface area contributed by atoms with E-state index in [1.807, 2.05) is 13.8 Å². The van der Waals surface area contributed by atoms with Crippen LogP contribution in [0, 0.1) is 0 Å². The molecule has 30 heavy (non-hydrogen) atoms. The normalized spacial score (nSPS) is 14.0. The molecule has 1 aromatic heterocycles. The van der Waals surface area contributed by atoms with Crippen molar-refractivity contribution in [2.75, 3.05) is 26.0 Å². The highest BCUT2D eigenvalue weighted by molar-refractivity contribution is 7.89. The van der Waals surface area contributed by atoms with E-state index in [0.717, 1.165) is 14.9 Å². The molecular formula is C19H25N5O4S2. The largest absolute Gasteiger partial charge is 0.336 e. The third kappa shape index (κ3) is 4.79. The minimum atomic E-state index is -3.54. The van der Waals surface area contributed by atoms with E-state index in [2.05, 4.69) is 15.6 Å². The van der Waals surface area contributed by atoms with Crippen LogP contribution in [0.25, 0.3) is 0 Å². The monoisotopic (exact) mass is 451 g/mol. The number of fused-ring (bicyclic) bond motifs is 1. The van der Waals surface area contributed by atoms with E-state index in [4.69, 9.17) is 0 Å². The number of anilines is 1. The number of benzene rings is 1. The fourth-order valence-corrected chi connectivity index (χ4v) is 4.90. The van der Waals surface area contributed by atoms with Gasteiger partial charge in [0, 0.05) is 43.5 Å². The van der Waals surface area contributed by atoms with Crippen LogP contribution in [0.3, 0.4) is 0 Å². The first-order chi connectivity index (χ1) is 14.1. The number of sulfonamides is 1. The topological polar surface area (TPSA) is 112 Å². The number of thiazole rings is 1. The van der Waals surface area contributed by atoms with Gasteiger partial charge in [-0.1, -0.05) is 11.3 Å². The summed E-state index contributed by atoms with van der Waals surface area (Å²) in [7, 11) is -0.612. The summed E-state index contributed by atoms with van der Waals surface area (Å²) in [6.07, 6.45) is 0.595. The average Bonchev–Trinajstić information content (AvgIpc) is 3.07. The number of hydrogen-bond acceptors (Lipinski definition) is 6. The van der Waals surface area contributed by atoms with Crippen LogP contribution in [0.5, 0.6) is 0 Å². The van der Waals surface area contributed by atoms with Gasteiger partial charge in [0.05, 0.1) is 17.1 Å². The summed E-state index contributed by atoms with van der Waals surface area (Å²) in [6.45, 7) is 4.65. The molecule has 1 aromatic carbocycles. The zero-order valence-corrected chi connectivity index (χ0v) is 18.9. The molecule has 0 saturated carbocycles. The molecule has 0 unspecified atom stereocenters. The molecule has 0 atom stereocenters. The number of urea groups is 1. The van der Waals surface area contributed by atoms with E-state index in [-0.39, 0.29) is 22.9 Å². The van der Waals surface area contributed by atoms with Gasteiger partial charge in [0.25, 0.3) is 5.91 Å². The van der Waals surface area contributed by atoms with Crippen LogP contribution >= 0.6 is 11.3 Å². The molecule has 0 saturated heterocycles. The number of rotatable bonds is 5. The fourth-order valence-electron chi connectivity index (χ4n) is 2.98. The number of carbonyl (C=O) groups is 2.